The van der Waals surface area contributed by atoms with Crippen LogP contribution in [0.3, 0.4) is 0 Å². The second-order valence-electron chi connectivity index (χ2n) is 11.0. The van der Waals surface area contributed by atoms with Gasteiger partial charge in [-0.25, -0.2) is 0 Å². The van der Waals surface area contributed by atoms with Gasteiger partial charge in [0.2, 0.25) is 11.9 Å². The second kappa shape index (κ2) is 11.0. The van der Waals surface area contributed by atoms with E-state index in [1.807, 2.05) is 48.5 Å². The van der Waals surface area contributed by atoms with Gasteiger partial charge in [0.05, 0.1) is 25.5 Å². The Morgan fingerprint density at radius 2 is 1.76 bits per heavy atom. The summed E-state index contributed by atoms with van der Waals surface area (Å²) >= 11 is 0. The second-order valence-corrected chi connectivity index (χ2v) is 11.0. The minimum Gasteiger partial charge on any atom is -0.392 e. The number of anilines is 5. The first-order valence-corrected chi connectivity index (χ1v) is 14.5. The minimum absolute atomic E-state index is 0.0520. The van der Waals surface area contributed by atoms with E-state index in [9.17, 15) is 9.90 Å². The molecule has 1 aliphatic carbocycles. The molecule has 1 saturated heterocycles. The molecule has 4 N–H and O–H groups in total. The summed E-state index contributed by atoms with van der Waals surface area (Å²) in [5.41, 5.74) is 13.0. The summed E-state index contributed by atoms with van der Waals surface area (Å²) in [4.78, 5) is 31.0. The number of aliphatic hydroxyl groups is 1. The van der Waals surface area contributed by atoms with Crippen LogP contribution in [-0.2, 0) is 17.8 Å². The van der Waals surface area contributed by atoms with Crippen molar-refractivity contribution in [3.8, 4) is 11.4 Å². The van der Waals surface area contributed by atoms with Gasteiger partial charge in [0.25, 0.3) is 5.91 Å². The van der Waals surface area contributed by atoms with Crippen molar-refractivity contribution < 1.29 is 14.6 Å². The highest BCUT2D eigenvalue weighted by molar-refractivity contribution is 6.09. The number of aliphatic hydroxyl groups excluding tert-OH is 1. The van der Waals surface area contributed by atoms with E-state index in [0.717, 1.165) is 55.2 Å². The zero-order chi connectivity index (χ0) is 28.6. The number of morpholine rings is 1. The number of rotatable bonds is 7. The molecule has 1 saturated carbocycles. The molecule has 10 heteroatoms. The van der Waals surface area contributed by atoms with Crippen LogP contribution in [0.15, 0.2) is 60.7 Å². The fraction of sp³-hybridized carbons (Fsp3) is 0.312. The molecule has 0 radical (unpaired) electrons. The topological polar surface area (TPSA) is 130 Å². The number of nitrogen functional groups attached to an aromatic ring is 1. The van der Waals surface area contributed by atoms with E-state index < -0.39 is 0 Å². The molecule has 1 amide bonds. The number of aromatic nitrogens is 3. The molecule has 214 valence electrons. The zero-order valence-corrected chi connectivity index (χ0v) is 23.3. The lowest BCUT2D eigenvalue weighted by Gasteiger charge is -2.31. The van der Waals surface area contributed by atoms with Crippen molar-refractivity contribution >= 4 is 34.9 Å². The van der Waals surface area contributed by atoms with Crippen molar-refractivity contribution in [1.29, 1.82) is 0 Å². The summed E-state index contributed by atoms with van der Waals surface area (Å²) in [6.45, 7) is 3.42. The van der Waals surface area contributed by atoms with Crippen LogP contribution in [0.5, 0.6) is 0 Å². The minimum atomic E-state index is -0.292. The number of nitrogens with one attached hydrogen (secondary N) is 1. The predicted octanol–water partition coefficient (Wildman–Crippen LogP) is 4.27. The largest absolute Gasteiger partial charge is 0.392 e. The summed E-state index contributed by atoms with van der Waals surface area (Å²) in [6, 6.07) is 19.8. The highest BCUT2D eigenvalue weighted by Gasteiger charge is 2.30. The maximum Gasteiger partial charge on any atom is 0.258 e. The Morgan fingerprint density at radius 3 is 2.52 bits per heavy atom. The normalized spacial score (nSPS) is 16.8. The quantitative estimate of drug-likeness (QED) is 0.302. The number of carbonyl (C=O) groups excluding carboxylic acids is 1. The Labute approximate surface area is 244 Å². The maximum atomic E-state index is 13.6. The third-order valence-electron chi connectivity index (χ3n) is 8.25. The highest BCUT2D eigenvalue weighted by atomic mass is 16.5. The summed E-state index contributed by atoms with van der Waals surface area (Å²) in [7, 11) is 0. The van der Waals surface area contributed by atoms with Crippen LogP contribution in [0, 0.1) is 0 Å². The smallest absolute Gasteiger partial charge is 0.258 e. The molecule has 0 unspecified atom stereocenters. The monoisotopic (exact) mass is 563 g/mol. The Hall–Kier alpha value is -4.54. The van der Waals surface area contributed by atoms with E-state index >= 15 is 0 Å². The number of nitrogens with zero attached hydrogens (tertiary/aromatic N) is 5. The van der Waals surface area contributed by atoms with Crippen LogP contribution in [0.25, 0.3) is 11.4 Å². The van der Waals surface area contributed by atoms with Gasteiger partial charge in [-0.15, -0.1) is 0 Å². The van der Waals surface area contributed by atoms with Gasteiger partial charge in [-0.3, -0.25) is 4.79 Å². The molecule has 0 atom stereocenters. The molecule has 3 aromatic carbocycles. The highest BCUT2D eigenvalue weighted by Crippen LogP contribution is 2.41. The molecule has 7 rings (SSSR count). The molecule has 2 aliphatic heterocycles. The van der Waals surface area contributed by atoms with Gasteiger partial charge in [0.15, 0.2) is 5.82 Å². The van der Waals surface area contributed by atoms with Gasteiger partial charge >= 0.3 is 0 Å². The third kappa shape index (κ3) is 5.15. The molecule has 42 heavy (non-hydrogen) atoms. The van der Waals surface area contributed by atoms with E-state index in [0.29, 0.717) is 41.0 Å². The van der Waals surface area contributed by atoms with Crippen LogP contribution in [0.1, 0.15) is 45.8 Å². The van der Waals surface area contributed by atoms with Gasteiger partial charge in [-0.1, -0.05) is 24.3 Å². The number of ether oxygens (including phenoxy) is 1. The Morgan fingerprint density at radius 1 is 0.952 bits per heavy atom. The van der Waals surface area contributed by atoms with Crippen molar-refractivity contribution in [1.82, 2.24) is 15.0 Å². The van der Waals surface area contributed by atoms with E-state index in [2.05, 4.69) is 37.3 Å². The number of nitrogens with two attached hydrogens (primary N) is 1. The van der Waals surface area contributed by atoms with Gasteiger partial charge in [0, 0.05) is 47.7 Å². The van der Waals surface area contributed by atoms with Crippen molar-refractivity contribution in [2.24, 2.45) is 0 Å². The first kappa shape index (κ1) is 26.4. The third-order valence-corrected chi connectivity index (χ3v) is 8.25. The van der Waals surface area contributed by atoms with E-state index in [1.165, 1.54) is 18.4 Å². The molecule has 2 fully saturated rings. The van der Waals surface area contributed by atoms with Crippen molar-refractivity contribution in [2.45, 2.75) is 31.8 Å². The molecule has 3 heterocycles. The van der Waals surface area contributed by atoms with Gasteiger partial charge in [-0.2, -0.15) is 15.0 Å². The van der Waals surface area contributed by atoms with E-state index in [4.69, 9.17) is 10.5 Å². The lowest BCUT2D eigenvalue weighted by Crippen LogP contribution is -2.38. The Kier molecular flexibility index (Phi) is 6.93. The molecule has 0 spiro atoms. The van der Waals surface area contributed by atoms with Crippen molar-refractivity contribution in [3.05, 3.63) is 82.9 Å². The van der Waals surface area contributed by atoms with Crippen LogP contribution in [0.2, 0.25) is 0 Å². The predicted molar refractivity (Wildman–Crippen MR) is 162 cm³/mol. The van der Waals surface area contributed by atoms with E-state index in [-0.39, 0.29) is 18.5 Å². The van der Waals surface area contributed by atoms with Crippen LogP contribution in [-0.4, -0.2) is 58.8 Å². The van der Waals surface area contributed by atoms with Crippen molar-refractivity contribution in [3.63, 3.8) is 0 Å². The Bertz CT molecular complexity index is 1630. The SMILES string of the molecule is Nc1nc(Nc2ccc(N3CCOCC3)cc2)nc(-c2cccc(N3CCc4cc(C5CC5)ccc4C3=O)c2CO)n1. The summed E-state index contributed by atoms with van der Waals surface area (Å²) in [6.07, 6.45) is 3.21. The number of hydrogen-bond acceptors (Lipinski definition) is 9. The van der Waals surface area contributed by atoms with Crippen LogP contribution < -0.4 is 20.9 Å². The summed E-state index contributed by atoms with van der Waals surface area (Å²) < 4.78 is 5.45. The molecule has 3 aliphatic rings. The fourth-order valence-corrected chi connectivity index (χ4v) is 5.89. The van der Waals surface area contributed by atoms with E-state index in [1.54, 1.807) is 4.90 Å². The lowest BCUT2D eigenvalue weighted by molar-refractivity contribution is 0.0980. The van der Waals surface area contributed by atoms with Crippen LogP contribution in [0.4, 0.5) is 29.0 Å². The molecular formula is C32H33N7O3. The molecule has 1 aromatic heterocycles. The van der Waals surface area contributed by atoms with Gasteiger partial charge in [0.1, 0.15) is 0 Å². The number of fused-ring (bicyclic) bond motifs is 1. The molecule has 0 bridgehead atoms. The zero-order valence-electron chi connectivity index (χ0n) is 23.3. The first-order valence-electron chi connectivity index (χ1n) is 14.5. The van der Waals surface area contributed by atoms with Crippen molar-refractivity contribution in [2.75, 3.05) is 53.7 Å². The Balaban J connectivity index is 1.15. The summed E-state index contributed by atoms with van der Waals surface area (Å²) in [5, 5.41) is 13.7. The number of amides is 1. The lowest BCUT2D eigenvalue weighted by atomic mass is 9.94. The number of benzene rings is 3. The van der Waals surface area contributed by atoms with Gasteiger partial charge in [-0.05, 0) is 72.7 Å². The van der Waals surface area contributed by atoms with Gasteiger partial charge < -0.3 is 30.7 Å². The molecule has 4 aromatic rings. The summed E-state index contributed by atoms with van der Waals surface area (Å²) in [5.74, 6) is 1.24. The average molecular weight is 564 g/mol. The average Bonchev–Trinajstić information content (AvgIpc) is 3.87. The molecule has 10 nitrogen and oxygen atoms in total. The maximum absolute atomic E-state index is 13.6. The fourth-order valence-electron chi connectivity index (χ4n) is 5.89. The number of carbonyl (C=O) groups is 1. The van der Waals surface area contributed by atoms with Crippen LogP contribution >= 0.6 is 0 Å². The number of hydrogen-bond donors (Lipinski definition) is 3. The molecular weight excluding hydrogens is 530 g/mol. The first-order chi connectivity index (χ1) is 20.6. The standard InChI is InChI=1S/C32H33N7O3/c33-31-35-29(36-32(37-31)34-23-7-9-24(10-8-23)38-14-16-42-17-15-38)26-2-1-3-28(27(26)19-40)39-13-12-22-18-21(20-4-5-20)6-11-25(22)30(39)41/h1-3,6-11,18,20,40H,4-5,12-17,19H2,(H3,33,34,35,36,37).